The van der Waals surface area contributed by atoms with E-state index in [1.807, 2.05) is 24.3 Å². The molecule has 25 heavy (non-hydrogen) atoms. The zero-order valence-electron chi connectivity index (χ0n) is 14.1. The second-order valence-corrected chi connectivity index (χ2v) is 6.10. The number of hydrogen-bond acceptors (Lipinski definition) is 4. The molecule has 3 aromatic rings. The van der Waals surface area contributed by atoms with Gasteiger partial charge >= 0.3 is 6.03 Å². The second kappa shape index (κ2) is 7.57. The number of amides is 2. The third-order valence-corrected chi connectivity index (χ3v) is 4.36. The number of imidazole rings is 1. The van der Waals surface area contributed by atoms with Crippen LogP contribution in [-0.2, 0) is 13.1 Å². The molecular weight excluding hydrogens is 340 g/mol. The summed E-state index contributed by atoms with van der Waals surface area (Å²) in [7, 11) is 1.58. The van der Waals surface area contributed by atoms with Gasteiger partial charge in [0.2, 0.25) is 0 Å². The summed E-state index contributed by atoms with van der Waals surface area (Å²) >= 11 is 5.82. The van der Waals surface area contributed by atoms with Crippen molar-refractivity contribution in [3.05, 3.63) is 30.1 Å². The van der Waals surface area contributed by atoms with Crippen LogP contribution in [0, 0.1) is 0 Å². The topological polar surface area (TPSA) is 97.9 Å². The molecule has 2 aromatic heterocycles. The van der Waals surface area contributed by atoms with Gasteiger partial charge in [-0.2, -0.15) is 0 Å². The van der Waals surface area contributed by atoms with Crippen LogP contribution in [0.2, 0.25) is 0 Å². The number of fused-ring (bicyclic) bond motifs is 3. The molecule has 1 aromatic carbocycles. The highest BCUT2D eigenvalue weighted by Crippen LogP contribution is 2.29. The minimum Gasteiger partial charge on any atom is -0.382 e. The fraction of sp³-hybridized carbons (Fsp3) is 0.353. The fourth-order valence-corrected chi connectivity index (χ4v) is 3.08. The number of nitrogens with zero attached hydrogens (tertiary/aromatic N) is 3. The third kappa shape index (κ3) is 3.46. The van der Waals surface area contributed by atoms with E-state index in [0.29, 0.717) is 23.8 Å². The number of hydrogen-bond donors (Lipinski definition) is 3. The van der Waals surface area contributed by atoms with Crippen molar-refractivity contribution < 1.29 is 4.79 Å². The SMILES string of the molecule is CNC(=O)NCc1nc2c(N)nc3ccccc3c2n1CCCCCl. The molecular formula is C17H21ClN6O. The number of urea groups is 1. The van der Waals surface area contributed by atoms with E-state index < -0.39 is 0 Å². The Morgan fingerprint density at radius 3 is 2.84 bits per heavy atom. The smallest absolute Gasteiger partial charge is 0.314 e. The largest absolute Gasteiger partial charge is 0.382 e. The van der Waals surface area contributed by atoms with Crippen LogP contribution in [0.1, 0.15) is 18.7 Å². The summed E-state index contributed by atoms with van der Waals surface area (Å²) < 4.78 is 2.11. The molecule has 0 bridgehead atoms. The summed E-state index contributed by atoms with van der Waals surface area (Å²) in [4.78, 5) is 20.6. The van der Waals surface area contributed by atoms with E-state index in [9.17, 15) is 4.79 Å². The fourth-order valence-electron chi connectivity index (χ4n) is 2.89. The summed E-state index contributed by atoms with van der Waals surface area (Å²) in [6, 6.07) is 7.60. The Morgan fingerprint density at radius 2 is 2.08 bits per heavy atom. The number of aromatic nitrogens is 3. The average Bonchev–Trinajstić information content (AvgIpc) is 2.99. The zero-order chi connectivity index (χ0) is 17.8. The predicted molar refractivity (Wildman–Crippen MR) is 101 cm³/mol. The lowest BCUT2D eigenvalue weighted by molar-refractivity contribution is 0.242. The first-order chi connectivity index (χ1) is 12.2. The van der Waals surface area contributed by atoms with E-state index in [2.05, 4.69) is 25.2 Å². The molecule has 3 rings (SSSR count). The van der Waals surface area contributed by atoms with E-state index >= 15 is 0 Å². The molecule has 0 atom stereocenters. The Labute approximate surface area is 150 Å². The zero-order valence-corrected chi connectivity index (χ0v) is 14.8. The molecule has 2 heterocycles. The summed E-state index contributed by atoms with van der Waals surface area (Å²) in [5.41, 5.74) is 8.58. The number of rotatable bonds is 6. The van der Waals surface area contributed by atoms with Crippen LogP contribution in [0.3, 0.4) is 0 Å². The molecule has 7 nitrogen and oxygen atoms in total. The van der Waals surface area contributed by atoms with Gasteiger partial charge in [0.25, 0.3) is 0 Å². The standard InChI is InChI=1S/C17H21ClN6O/c1-20-17(25)21-10-13-23-14-15(24(13)9-5-4-8-18)11-6-2-3-7-12(11)22-16(14)19/h2-3,6-7H,4-5,8-10H2,1H3,(H2,19,22)(H2,20,21,25). The first-order valence-electron chi connectivity index (χ1n) is 8.20. The maximum atomic E-state index is 11.5. The van der Waals surface area contributed by atoms with E-state index in [-0.39, 0.29) is 6.03 Å². The van der Waals surface area contributed by atoms with Gasteiger partial charge in [-0.25, -0.2) is 14.8 Å². The lowest BCUT2D eigenvalue weighted by atomic mass is 10.2. The molecule has 0 fully saturated rings. The van der Waals surface area contributed by atoms with Gasteiger partial charge in [0.1, 0.15) is 11.3 Å². The Balaban J connectivity index is 2.13. The van der Waals surface area contributed by atoms with Crippen LogP contribution in [0.4, 0.5) is 10.6 Å². The number of halogens is 1. The van der Waals surface area contributed by atoms with Crippen molar-refractivity contribution in [2.45, 2.75) is 25.9 Å². The highest BCUT2D eigenvalue weighted by molar-refractivity contribution is 6.17. The first-order valence-corrected chi connectivity index (χ1v) is 8.74. The number of alkyl halides is 1. The number of nitrogens with two attached hydrogens (primary N) is 1. The van der Waals surface area contributed by atoms with E-state index in [1.54, 1.807) is 7.05 Å². The molecule has 0 saturated carbocycles. The maximum Gasteiger partial charge on any atom is 0.314 e. The van der Waals surface area contributed by atoms with Gasteiger partial charge in [0, 0.05) is 24.9 Å². The number of nitrogens with one attached hydrogen (secondary N) is 2. The number of pyridine rings is 1. The van der Waals surface area contributed by atoms with Crippen LogP contribution >= 0.6 is 11.6 Å². The average molecular weight is 361 g/mol. The highest BCUT2D eigenvalue weighted by atomic mass is 35.5. The van der Waals surface area contributed by atoms with Crippen LogP contribution in [-0.4, -0.2) is 33.5 Å². The van der Waals surface area contributed by atoms with Gasteiger partial charge in [-0.05, 0) is 18.9 Å². The Kier molecular flexibility index (Phi) is 5.23. The molecule has 0 aliphatic heterocycles. The molecule has 0 aliphatic rings. The number of aryl methyl sites for hydroxylation is 1. The third-order valence-electron chi connectivity index (χ3n) is 4.09. The summed E-state index contributed by atoms with van der Waals surface area (Å²) in [5, 5.41) is 6.32. The van der Waals surface area contributed by atoms with Crippen molar-refractivity contribution in [3.63, 3.8) is 0 Å². The second-order valence-electron chi connectivity index (χ2n) is 5.72. The van der Waals surface area contributed by atoms with Gasteiger partial charge in [0.05, 0.1) is 17.6 Å². The number of para-hydroxylation sites is 1. The molecule has 0 spiro atoms. The van der Waals surface area contributed by atoms with Gasteiger partial charge in [-0.15, -0.1) is 11.6 Å². The first kappa shape index (κ1) is 17.3. The molecule has 2 amide bonds. The summed E-state index contributed by atoms with van der Waals surface area (Å²) in [6.45, 7) is 1.06. The van der Waals surface area contributed by atoms with Crippen molar-refractivity contribution in [3.8, 4) is 0 Å². The lowest BCUT2D eigenvalue weighted by Gasteiger charge is -2.11. The Hall–Kier alpha value is -2.54. The van der Waals surface area contributed by atoms with Crippen LogP contribution < -0.4 is 16.4 Å². The molecule has 0 radical (unpaired) electrons. The minimum atomic E-state index is -0.254. The summed E-state index contributed by atoms with van der Waals surface area (Å²) in [6.07, 6.45) is 1.82. The maximum absolute atomic E-state index is 11.5. The van der Waals surface area contributed by atoms with Gasteiger partial charge < -0.3 is 20.9 Å². The molecule has 8 heteroatoms. The van der Waals surface area contributed by atoms with E-state index in [4.69, 9.17) is 17.3 Å². The number of anilines is 1. The van der Waals surface area contributed by atoms with Crippen molar-refractivity contribution in [1.82, 2.24) is 25.2 Å². The minimum absolute atomic E-state index is 0.254. The van der Waals surface area contributed by atoms with Crippen molar-refractivity contribution in [2.75, 3.05) is 18.7 Å². The van der Waals surface area contributed by atoms with Crippen LogP contribution in [0.15, 0.2) is 24.3 Å². The van der Waals surface area contributed by atoms with Crippen LogP contribution in [0.5, 0.6) is 0 Å². The molecule has 0 aliphatic carbocycles. The Morgan fingerprint density at radius 1 is 1.28 bits per heavy atom. The van der Waals surface area contributed by atoms with E-state index in [0.717, 1.165) is 41.6 Å². The highest BCUT2D eigenvalue weighted by Gasteiger charge is 2.17. The number of carbonyl (C=O) groups excluding carboxylic acids is 1. The van der Waals surface area contributed by atoms with E-state index in [1.165, 1.54) is 0 Å². The lowest BCUT2D eigenvalue weighted by Crippen LogP contribution is -2.33. The summed E-state index contributed by atoms with van der Waals surface area (Å²) in [5.74, 6) is 1.76. The Bertz CT molecular complexity index is 907. The van der Waals surface area contributed by atoms with Gasteiger partial charge in [-0.1, -0.05) is 18.2 Å². The van der Waals surface area contributed by atoms with Crippen molar-refractivity contribution in [1.29, 1.82) is 0 Å². The number of nitrogen functional groups attached to an aromatic ring is 1. The van der Waals surface area contributed by atoms with Crippen molar-refractivity contribution in [2.24, 2.45) is 0 Å². The molecule has 0 saturated heterocycles. The number of unbranched alkanes of at least 4 members (excludes halogenated alkanes) is 1. The monoisotopic (exact) mass is 360 g/mol. The number of benzene rings is 1. The van der Waals surface area contributed by atoms with Crippen LogP contribution in [0.25, 0.3) is 21.9 Å². The molecule has 4 N–H and O–H groups in total. The molecule has 132 valence electrons. The normalized spacial score (nSPS) is 11.1. The number of carbonyl (C=O) groups is 1. The van der Waals surface area contributed by atoms with Gasteiger partial charge in [-0.3, -0.25) is 0 Å². The van der Waals surface area contributed by atoms with Crippen molar-refractivity contribution >= 4 is 45.4 Å². The predicted octanol–water partition coefficient (Wildman–Crippen LogP) is 2.61. The molecule has 0 unspecified atom stereocenters. The quantitative estimate of drug-likeness (QED) is 0.465. The van der Waals surface area contributed by atoms with Gasteiger partial charge in [0.15, 0.2) is 5.82 Å².